The number of nitrogens with one attached hydrogen (secondary N) is 2. The first-order chi connectivity index (χ1) is 7.29. The van der Waals surface area contributed by atoms with Crippen molar-refractivity contribution < 1.29 is 9.53 Å². The fraction of sp³-hybridized carbons (Fsp3) is 0.600. The molecule has 0 fully saturated rings. The molecule has 0 saturated heterocycles. The minimum atomic E-state index is -0.344. The number of esters is 1. The largest absolute Gasteiger partial charge is 0.461 e. The highest BCUT2D eigenvalue weighted by atomic mass is 16.5. The highest BCUT2D eigenvalue weighted by molar-refractivity contribution is 5.88. The van der Waals surface area contributed by atoms with E-state index in [9.17, 15) is 4.79 Å². The summed E-state index contributed by atoms with van der Waals surface area (Å²) in [5.74, 6) is -0.344. The Labute approximate surface area is 89.2 Å². The third-order valence-electron chi connectivity index (χ3n) is 1.94. The SMILES string of the molecule is CCCNCc1cn[nH]c1C(=O)OCC. The average molecular weight is 211 g/mol. The first-order valence-electron chi connectivity index (χ1n) is 5.19. The Balaban J connectivity index is 2.56. The first kappa shape index (κ1) is 11.7. The number of nitrogens with zero attached hydrogens (tertiary/aromatic N) is 1. The van der Waals surface area contributed by atoms with Gasteiger partial charge in [0.25, 0.3) is 0 Å². The lowest BCUT2D eigenvalue weighted by Gasteiger charge is -2.03. The van der Waals surface area contributed by atoms with Crippen LogP contribution in [0, 0.1) is 0 Å². The molecule has 1 rings (SSSR count). The van der Waals surface area contributed by atoms with Crippen LogP contribution in [0.1, 0.15) is 36.3 Å². The Morgan fingerprint density at radius 1 is 1.60 bits per heavy atom. The molecule has 1 aromatic rings. The van der Waals surface area contributed by atoms with E-state index >= 15 is 0 Å². The van der Waals surface area contributed by atoms with Crippen molar-refractivity contribution in [3.8, 4) is 0 Å². The van der Waals surface area contributed by atoms with Crippen LogP contribution in [0.4, 0.5) is 0 Å². The molecule has 5 heteroatoms. The summed E-state index contributed by atoms with van der Waals surface area (Å²) < 4.78 is 4.90. The normalized spacial score (nSPS) is 10.3. The molecule has 0 unspecified atom stereocenters. The van der Waals surface area contributed by atoms with Gasteiger partial charge in [0.15, 0.2) is 0 Å². The Morgan fingerprint density at radius 3 is 3.07 bits per heavy atom. The van der Waals surface area contributed by atoms with Crippen LogP contribution in [0.5, 0.6) is 0 Å². The van der Waals surface area contributed by atoms with E-state index < -0.39 is 0 Å². The van der Waals surface area contributed by atoms with Gasteiger partial charge in [-0.15, -0.1) is 0 Å². The van der Waals surface area contributed by atoms with E-state index in [1.54, 1.807) is 13.1 Å². The minimum Gasteiger partial charge on any atom is -0.461 e. The van der Waals surface area contributed by atoms with Crippen LogP contribution in [-0.4, -0.2) is 29.3 Å². The molecule has 84 valence electrons. The Morgan fingerprint density at radius 2 is 2.40 bits per heavy atom. The lowest BCUT2D eigenvalue weighted by atomic mass is 10.2. The van der Waals surface area contributed by atoms with Crippen molar-refractivity contribution in [1.29, 1.82) is 0 Å². The zero-order chi connectivity index (χ0) is 11.1. The van der Waals surface area contributed by atoms with Gasteiger partial charge in [-0.1, -0.05) is 6.92 Å². The number of hydrogen-bond donors (Lipinski definition) is 2. The van der Waals surface area contributed by atoms with Crippen LogP contribution >= 0.6 is 0 Å². The number of carbonyl (C=O) groups is 1. The maximum absolute atomic E-state index is 11.4. The smallest absolute Gasteiger partial charge is 0.356 e. The number of carbonyl (C=O) groups excluding carboxylic acids is 1. The number of ether oxygens (including phenoxy) is 1. The number of aromatic amines is 1. The van der Waals surface area contributed by atoms with Crippen LogP contribution < -0.4 is 5.32 Å². The Hall–Kier alpha value is -1.36. The number of aromatic nitrogens is 2. The molecule has 1 aromatic heterocycles. The molecule has 1 heterocycles. The van der Waals surface area contributed by atoms with Gasteiger partial charge in [0.1, 0.15) is 5.69 Å². The molecule has 0 saturated carbocycles. The van der Waals surface area contributed by atoms with Gasteiger partial charge >= 0.3 is 5.97 Å². The molecule has 15 heavy (non-hydrogen) atoms. The summed E-state index contributed by atoms with van der Waals surface area (Å²) in [4.78, 5) is 11.4. The van der Waals surface area contributed by atoms with E-state index in [1.165, 1.54) is 0 Å². The second kappa shape index (κ2) is 6.19. The summed E-state index contributed by atoms with van der Waals surface area (Å²) in [5, 5.41) is 9.70. The molecule has 0 aromatic carbocycles. The quantitative estimate of drug-likeness (QED) is 0.546. The standard InChI is InChI=1S/C10H17N3O2/c1-3-5-11-6-8-7-12-13-9(8)10(14)15-4-2/h7,11H,3-6H2,1-2H3,(H,12,13). The zero-order valence-electron chi connectivity index (χ0n) is 9.17. The van der Waals surface area contributed by atoms with Gasteiger partial charge in [0, 0.05) is 12.1 Å². The van der Waals surface area contributed by atoms with Crippen LogP contribution in [0.15, 0.2) is 6.20 Å². The van der Waals surface area contributed by atoms with Gasteiger partial charge in [-0.05, 0) is 19.9 Å². The second-order valence-corrected chi connectivity index (χ2v) is 3.17. The van der Waals surface area contributed by atoms with Crippen molar-refractivity contribution in [2.45, 2.75) is 26.8 Å². The van der Waals surface area contributed by atoms with Crippen molar-refractivity contribution in [2.24, 2.45) is 0 Å². The fourth-order valence-electron chi connectivity index (χ4n) is 1.22. The molecule has 0 aliphatic rings. The molecule has 2 N–H and O–H groups in total. The average Bonchev–Trinajstić information content (AvgIpc) is 2.67. The Kier molecular flexibility index (Phi) is 4.83. The highest BCUT2D eigenvalue weighted by Gasteiger charge is 2.13. The van der Waals surface area contributed by atoms with Gasteiger partial charge in [-0.2, -0.15) is 5.10 Å². The highest BCUT2D eigenvalue weighted by Crippen LogP contribution is 2.05. The van der Waals surface area contributed by atoms with E-state index in [0.717, 1.165) is 18.5 Å². The second-order valence-electron chi connectivity index (χ2n) is 3.17. The summed E-state index contributed by atoms with van der Waals surface area (Å²) in [6.07, 6.45) is 2.71. The molecular formula is C10H17N3O2. The zero-order valence-corrected chi connectivity index (χ0v) is 9.17. The third kappa shape index (κ3) is 3.36. The Bertz CT molecular complexity index is 309. The van der Waals surface area contributed by atoms with E-state index in [-0.39, 0.29) is 5.97 Å². The molecule has 5 nitrogen and oxygen atoms in total. The summed E-state index contributed by atoms with van der Waals surface area (Å²) in [6.45, 7) is 5.81. The van der Waals surface area contributed by atoms with Gasteiger partial charge in [-0.3, -0.25) is 5.10 Å². The molecule has 0 radical (unpaired) electrons. The van der Waals surface area contributed by atoms with Crippen LogP contribution in [0.25, 0.3) is 0 Å². The van der Waals surface area contributed by atoms with Crippen LogP contribution in [-0.2, 0) is 11.3 Å². The molecule has 0 bridgehead atoms. The molecular weight excluding hydrogens is 194 g/mol. The van der Waals surface area contributed by atoms with E-state index in [0.29, 0.717) is 18.8 Å². The van der Waals surface area contributed by atoms with Gasteiger partial charge < -0.3 is 10.1 Å². The van der Waals surface area contributed by atoms with Gasteiger partial charge in [-0.25, -0.2) is 4.79 Å². The lowest BCUT2D eigenvalue weighted by Crippen LogP contribution is -2.16. The van der Waals surface area contributed by atoms with Crippen molar-refractivity contribution in [1.82, 2.24) is 15.5 Å². The van der Waals surface area contributed by atoms with Crippen molar-refractivity contribution in [3.05, 3.63) is 17.5 Å². The molecule has 0 aliphatic heterocycles. The molecule has 0 aliphatic carbocycles. The predicted octanol–water partition coefficient (Wildman–Crippen LogP) is 1.09. The predicted molar refractivity (Wildman–Crippen MR) is 56.5 cm³/mol. The summed E-state index contributed by atoms with van der Waals surface area (Å²) in [6, 6.07) is 0. The molecule has 0 spiro atoms. The van der Waals surface area contributed by atoms with Crippen molar-refractivity contribution in [2.75, 3.05) is 13.2 Å². The van der Waals surface area contributed by atoms with Gasteiger partial charge in [0.05, 0.1) is 12.8 Å². The van der Waals surface area contributed by atoms with E-state index in [1.807, 2.05) is 0 Å². The topological polar surface area (TPSA) is 67.0 Å². The number of H-pyrrole nitrogens is 1. The number of rotatable bonds is 6. The maximum Gasteiger partial charge on any atom is 0.356 e. The molecule has 0 atom stereocenters. The van der Waals surface area contributed by atoms with Crippen LogP contribution in [0.2, 0.25) is 0 Å². The summed E-state index contributed by atoms with van der Waals surface area (Å²) in [5.41, 5.74) is 1.29. The maximum atomic E-state index is 11.4. The fourth-order valence-corrected chi connectivity index (χ4v) is 1.22. The van der Waals surface area contributed by atoms with Crippen molar-refractivity contribution in [3.63, 3.8) is 0 Å². The summed E-state index contributed by atoms with van der Waals surface area (Å²) >= 11 is 0. The first-order valence-corrected chi connectivity index (χ1v) is 5.19. The molecule has 0 amide bonds. The minimum absolute atomic E-state index is 0.344. The van der Waals surface area contributed by atoms with E-state index in [2.05, 4.69) is 22.4 Å². The van der Waals surface area contributed by atoms with Crippen molar-refractivity contribution >= 4 is 5.97 Å². The monoisotopic (exact) mass is 211 g/mol. The van der Waals surface area contributed by atoms with Gasteiger partial charge in [0.2, 0.25) is 0 Å². The third-order valence-corrected chi connectivity index (χ3v) is 1.94. The number of hydrogen-bond acceptors (Lipinski definition) is 4. The summed E-state index contributed by atoms with van der Waals surface area (Å²) in [7, 11) is 0. The lowest BCUT2D eigenvalue weighted by molar-refractivity contribution is 0.0518. The van der Waals surface area contributed by atoms with E-state index in [4.69, 9.17) is 4.74 Å². The van der Waals surface area contributed by atoms with Crippen LogP contribution in [0.3, 0.4) is 0 Å².